The number of hydrogen-bond acceptors (Lipinski definition) is 4. The van der Waals surface area contributed by atoms with Crippen molar-refractivity contribution in [1.82, 2.24) is 15.2 Å². The molecule has 0 spiro atoms. The normalized spacial score (nSPS) is 15.7. The maximum Gasteiger partial charge on any atom is 0.573 e. The number of fused-ring (bicyclic) bond motifs is 1. The Balaban J connectivity index is 0.00000160. The Labute approximate surface area is 185 Å². The van der Waals surface area contributed by atoms with Crippen molar-refractivity contribution in [1.29, 1.82) is 0 Å². The molecule has 4 nitrogen and oxygen atoms in total. The van der Waals surface area contributed by atoms with Crippen molar-refractivity contribution in [3.63, 3.8) is 0 Å². The van der Waals surface area contributed by atoms with Crippen LogP contribution in [0.15, 0.2) is 60.7 Å². The number of hydrogen-bond donors (Lipinski definition) is 1. The fraction of sp³-hybridized carbons (Fsp3) is 0.286. The van der Waals surface area contributed by atoms with Crippen LogP contribution in [-0.2, 0) is 0 Å². The van der Waals surface area contributed by atoms with Crippen molar-refractivity contribution < 1.29 is 17.9 Å². The number of nitrogens with one attached hydrogen (secondary N) is 1. The van der Waals surface area contributed by atoms with Crippen LogP contribution in [-0.4, -0.2) is 42.4 Å². The molecule has 0 saturated carbocycles. The van der Waals surface area contributed by atoms with E-state index in [4.69, 9.17) is 4.98 Å². The van der Waals surface area contributed by atoms with E-state index in [1.165, 1.54) is 12.1 Å². The van der Waals surface area contributed by atoms with Crippen LogP contribution in [0.4, 0.5) is 13.2 Å². The van der Waals surface area contributed by atoms with Crippen molar-refractivity contribution in [3.8, 4) is 5.75 Å². The average Bonchev–Trinajstić information content (AvgIpc) is 2.69. The fourth-order valence-electron chi connectivity index (χ4n) is 3.59. The summed E-state index contributed by atoms with van der Waals surface area (Å²) in [7, 11) is 0. The number of para-hydroxylation sites is 1. The first kappa shape index (κ1) is 24.2. The van der Waals surface area contributed by atoms with E-state index < -0.39 is 6.36 Å². The van der Waals surface area contributed by atoms with Crippen LogP contribution >= 0.6 is 24.8 Å². The van der Waals surface area contributed by atoms with Crippen LogP contribution in [0.3, 0.4) is 0 Å². The van der Waals surface area contributed by atoms with Crippen molar-refractivity contribution in [2.75, 3.05) is 26.2 Å². The molecule has 1 aliphatic heterocycles. The maximum absolute atomic E-state index is 12.5. The lowest BCUT2D eigenvalue weighted by Crippen LogP contribution is -2.45. The predicted molar refractivity (Wildman–Crippen MR) is 116 cm³/mol. The highest BCUT2D eigenvalue weighted by atomic mass is 35.5. The molecule has 1 saturated heterocycles. The van der Waals surface area contributed by atoms with E-state index in [2.05, 4.69) is 15.0 Å². The number of ether oxygens (including phenoxy) is 1. The lowest BCUT2D eigenvalue weighted by molar-refractivity contribution is -0.274. The van der Waals surface area contributed by atoms with E-state index in [1.807, 2.05) is 36.4 Å². The summed E-state index contributed by atoms with van der Waals surface area (Å²) in [6, 6.07) is 17.9. The van der Waals surface area contributed by atoms with Crippen molar-refractivity contribution in [2.45, 2.75) is 12.4 Å². The van der Waals surface area contributed by atoms with Gasteiger partial charge in [-0.15, -0.1) is 38.0 Å². The highest BCUT2D eigenvalue weighted by molar-refractivity contribution is 5.85. The van der Waals surface area contributed by atoms with Gasteiger partial charge in [0.2, 0.25) is 0 Å². The highest BCUT2D eigenvalue weighted by Gasteiger charge is 2.31. The Morgan fingerprint density at radius 2 is 1.57 bits per heavy atom. The van der Waals surface area contributed by atoms with E-state index in [1.54, 1.807) is 12.1 Å². The third-order valence-corrected chi connectivity index (χ3v) is 4.85. The lowest BCUT2D eigenvalue weighted by atomic mass is 9.99. The second-order valence-electron chi connectivity index (χ2n) is 6.73. The molecule has 1 aliphatic rings. The Kier molecular flexibility index (Phi) is 8.32. The fourth-order valence-corrected chi connectivity index (χ4v) is 3.59. The number of halogens is 5. The topological polar surface area (TPSA) is 37.4 Å². The van der Waals surface area contributed by atoms with E-state index in [0.717, 1.165) is 48.3 Å². The van der Waals surface area contributed by atoms with Gasteiger partial charge in [-0.25, -0.2) is 0 Å². The monoisotopic (exact) mass is 459 g/mol. The Morgan fingerprint density at radius 1 is 0.900 bits per heavy atom. The van der Waals surface area contributed by atoms with Gasteiger partial charge in [-0.1, -0.05) is 36.4 Å². The largest absolute Gasteiger partial charge is 0.573 e. The molecule has 0 aliphatic carbocycles. The zero-order valence-electron chi connectivity index (χ0n) is 15.9. The third-order valence-electron chi connectivity index (χ3n) is 4.85. The van der Waals surface area contributed by atoms with E-state index in [9.17, 15) is 13.2 Å². The lowest BCUT2D eigenvalue weighted by Gasteiger charge is -2.35. The molecule has 2 heterocycles. The first-order valence-corrected chi connectivity index (χ1v) is 9.16. The molecule has 0 amide bonds. The summed E-state index contributed by atoms with van der Waals surface area (Å²) in [5.41, 5.74) is 2.67. The minimum absolute atomic E-state index is 0. The molecule has 30 heavy (non-hydrogen) atoms. The molecule has 3 aromatic rings. The average molecular weight is 460 g/mol. The van der Waals surface area contributed by atoms with Gasteiger partial charge in [0.25, 0.3) is 0 Å². The van der Waals surface area contributed by atoms with Crippen LogP contribution in [0.2, 0.25) is 0 Å². The van der Waals surface area contributed by atoms with Gasteiger partial charge in [0.1, 0.15) is 5.75 Å². The number of alkyl halides is 3. The molecular formula is C21H22Cl2F3N3O. The van der Waals surface area contributed by atoms with Crippen molar-refractivity contribution in [3.05, 3.63) is 71.9 Å². The number of piperazine rings is 1. The molecule has 4 rings (SSSR count). The van der Waals surface area contributed by atoms with Gasteiger partial charge >= 0.3 is 6.36 Å². The van der Waals surface area contributed by atoms with Gasteiger partial charge in [-0.3, -0.25) is 9.88 Å². The first-order chi connectivity index (χ1) is 13.5. The quantitative estimate of drug-likeness (QED) is 0.597. The Bertz CT molecular complexity index is 948. The molecule has 0 bridgehead atoms. The zero-order valence-corrected chi connectivity index (χ0v) is 17.6. The molecule has 1 aromatic heterocycles. The summed E-state index contributed by atoms with van der Waals surface area (Å²) >= 11 is 0. The molecule has 0 radical (unpaired) electrons. The first-order valence-electron chi connectivity index (χ1n) is 9.16. The van der Waals surface area contributed by atoms with Crippen LogP contribution in [0, 0.1) is 0 Å². The van der Waals surface area contributed by atoms with E-state index in [-0.39, 0.29) is 36.6 Å². The predicted octanol–water partition coefficient (Wildman–Crippen LogP) is 4.97. The minimum Gasteiger partial charge on any atom is -0.406 e. The summed E-state index contributed by atoms with van der Waals surface area (Å²) in [5.74, 6) is -0.221. The SMILES string of the molecule is Cl.Cl.FC(F)(F)Oc1ccc([C@H](c2ccc3ccccc3n2)N2CCNCC2)cc1. The van der Waals surface area contributed by atoms with Crippen LogP contribution in [0.25, 0.3) is 10.9 Å². The second kappa shape index (κ2) is 10.3. The van der Waals surface area contributed by atoms with Gasteiger partial charge in [0, 0.05) is 31.6 Å². The third kappa shape index (κ3) is 5.76. The Morgan fingerprint density at radius 3 is 2.23 bits per heavy atom. The summed E-state index contributed by atoms with van der Waals surface area (Å²) in [4.78, 5) is 7.13. The van der Waals surface area contributed by atoms with Gasteiger partial charge in [-0.05, 0) is 29.8 Å². The van der Waals surface area contributed by atoms with E-state index in [0.29, 0.717) is 0 Å². The van der Waals surface area contributed by atoms with Gasteiger partial charge < -0.3 is 10.1 Å². The number of benzene rings is 2. The maximum atomic E-state index is 12.5. The molecule has 1 atom stereocenters. The summed E-state index contributed by atoms with van der Waals surface area (Å²) in [5, 5.41) is 4.38. The molecule has 162 valence electrons. The second-order valence-corrected chi connectivity index (χ2v) is 6.73. The molecular weight excluding hydrogens is 438 g/mol. The summed E-state index contributed by atoms with van der Waals surface area (Å²) < 4.78 is 41.4. The zero-order chi connectivity index (χ0) is 19.6. The summed E-state index contributed by atoms with van der Waals surface area (Å²) in [6.45, 7) is 3.39. The van der Waals surface area contributed by atoms with Crippen LogP contribution in [0.5, 0.6) is 5.75 Å². The number of pyridine rings is 1. The molecule has 9 heteroatoms. The van der Waals surface area contributed by atoms with Crippen molar-refractivity contribution >= 4 is 35.7 Å². The Hall–Kier alpha value is -2.06. The number of rotatable bonds is 4. The van der Waals surface area contributed by atoms with Crippen LogP contribution < -0.4 is 10.1 Å². The number of aromatic nitrogens is 1. The highest BCUT2D eigenvalue weighted by Crippen LogP contribution is 2.31. The molecule has 1 fully saturated rings. The van der Waals surface area contributed by atoms with Gasteiger partial charge in [0.05, 0.1) is 17.3 Å². The standard InChI is InChI=1S/C21H20F3N3O.2ClH/c22-21(23,24)28-17-8-5-16(6-9-17)20(27-13-11-25-12-14-27)19-10-7-15-3-1-2-4-18(15)26-19;;/h1-10,20,25H,11-14H2;2*1H/t20-;;/m1../s1. The van der Waals surface area contributed by atoms with E-state index >= 15 is 0 Å². The molecule has 2 aromatic carbocycles. The van der Waals surface area contributed by atoms with Gasteiger partial charge in [0.15, 0.2) is 0 Å². The van der Waals surface area contributed by atoms with Crippen molar-refractivity contribution in [2.24, 2.45) is 0 Å². The van der Waals surface area contributed by atoms with Crippen LogP contribution in [0.1, 0.15) is 17.3 Å². The van der Waals surface area contributed by atoms with Gasteiger partial charge in [-0.2, -0.15) is 0 Å². The molecule has 0 unspecified atom stereocenters. The molecule has 1 N–H and O–H groups in total. The summed E-state index contributed by atoms with van der Waals surface area (Å²) in [6.07, 6.45) is -4.70. The number of nitrogens with zero attached hydrogens (tertiary/aromatic N) is 2. The minimum atomic E-state index is -4.70. The smallest absolute Gasteiger partial charge is 0.406 e.